The molecule has 0 aromatic carbocycles. The molecule has 1 heterocycles. The van der Waals surface area contributed by atoms with Crippen molar-refractivity contribution in [3.63, 3.8) is 0 Å². The van der Waals surface area contributed by atoms with E-state index in [4.69, 9.17) is 5.73 Å². The van der Waals surface area contributed by atoms with Gasteiger partial charge in [0.1, 0.15) is 0 Å². The Labute approximate surface area is 81.5 Å². The van der Waals surface area contributed by atoms with Crippen molar-refractivity contribution in [3.05, 3.63) is 0 Å². The van der Waals surface area contributed by atoms with Crippen LogP contribution in [0.1, 0.15) is 44.9 Å². The van der Waals surface area contributed by atoms with Gasteiger partial charge in [-0.3, -0.25) is 0 Å². The minimum absolute atomic E-state index is 0.240. The van der Waals surface area contributed by atoms with Crippen molar-refractivity contribution in [1.29, 1.82) is 0 Å². The molecule has 1 saturated carbocycles. The number of nitrogens with two attached hydrogens (primary N) is 1. The van der Waals surface area contributed by atoms with Crippen LogP contribution < -0.4 is 5.73 Å². The largest absolute Gasteiger partial charge is 0.325 e. The molecule has 1 atom stereocenters. The van der Waals surface area contributed by atoms with Gasteiger partial charge in [-0.25, -0.2) is 0 Å². The number of hydrogen-bond acceptors (Lipinski definition) is 2. The number of rotatable bonds is 3. The quantitative estimate of drug-likeness (QED) is 0.720. The van der Waals surface area contributed by atoms with Crippen molar-refractivity contribution in [2.45, 2.75) is 56.5 Å². The first-order valence-corrected chi connectivity index (χ1v) is 5.69. The predicted molar refractivity (Wildman–Crippen MR) is 55.7 cm³/mol. The van der Waals surface area contributed by atoms with Gasteiger partial charge in [-0.2, -0.15) is 0 Å². The summed E-state index contributed by atoms with van der Waals surface area (Å²) in [7, 11) is 2.25. The number of hydrogen-bond donors (Lipinski definition) is 1. The van der Waals surface area contributed by atoms with Gasteiger partial charge in [0.05, 0.1) is 0 Å². The SMILES string of the molecule is CN1CCCC1CCC1(N)CCC1. The van der Waals surface area contributed by atoms with Gasteiger partial charge in [0.15, 0.2) is 0 Å². The average molecular weight is 182 g/mol. The molecule has 2 N–H and O–H groups in total. The molecule has 0 spiro atoms. The van der Waals surface area contributed by atoms with Gasteiger partial charge in [-0.1, -0.05) is 0 Å². The molecule has 0 aromatic heterocycles. The van der Waals surface area contributed by atoms with E-state index in [0.717, 1.165) is 6.04 Å². The maximum atomic E-state index is 6.21. The van der Waals surface area contributed by atoms with Crippen LogP contribution in [-0.4, -0.2) is 30.1 Å². The van der Waals surface area contributed by atoms with Gasteiger partial charge in [0, 0.05) is 11.6 Å². The summed E-state index contributed by atoms with van der Waals surface area (Å²) in [6.07, 6.45) is 9.25. The summed E-state index contributed by atoms with van der Waals surface area (Å²) >= 11 is 0. The molecule has 0 amide bonds. The highest BCUT2D eigenvalue weighted by atomic mass is 15.1. The second kappa shape index (κ2) is 3.58. The van der Waals surface area contributed by atoms with Crippen molar-refractivity contribution >= 4 is 0 Å². The van der Waals surface area contributed by atoms with Gasteiger partial charge >= 0.3 is 0 Å². The Morgan fingerprint density at radius 1 is 1.38 bits per heavy atom. The average Bonchev–Trinajstić information content (AvgIpc) is 2.44. The molecular weight excluding hydrogens is 160 g/mol. The van der Waals surface area contributed by atoms with Crippen molar-refractivity contribution in [2.24, 2.45) is 5.73 Å². The first kappa shape index (κ1) is 9.47. The Hall–Kier alpha value is -0.0800. The van der Waals surface area contributed by atoms with E-state index in [-0.39, 0.29) is 5.54 Å². The zero-order valence-corrected chi connectivity index (χ0v) is 8.76. The van der Waals surface area contributed by atoms with Crippen molar-refractivity contribution < 1.29 is 0 Å². The first-order valence-electron chi connectivity index (χ1n) is 5.69. The topological polar surface area (TPSA) is 29.3 Å². The molecule has 1 aliphatic heterocycles. The van der Waals surface area contributed by atoms with Gasteiger partial charge in [-0.15, -0.1) is 0 Å². The molecule has 2 rings (SSSR count). The maximum absolute atomic E-state index is 6.21. The van der Waals surface area contributed by atoms with Crippen LogP contribution in [0, 0.1) is 0 Å². The first-order chi connectivity index (χ1) is 6.20. The Morgan fingerprint density at radius 2 is 2.15 bits per heavy atom. The summed E-state index contributed by atoms with van der Waals surface area (Å²) in [5.74, 6) is 0. The fourth-order valence-corrected chi connectivity index (χ4v) is 2.68. The molecular formula is C11H22N2. The third-order valence-corrected chi connectivity index (χ3v) is 4.00. The molecule has 13 heavy (non-hydrogen) atoms. The summed E-state index contributed by atoms with van der Waals surface area (Å²) in [5.41, 5.74) is 6.45. The van der Waals surface area contributed by atoms with Crippen molar-refractivity contribution in [3.8, 4) is 0 Å². The van der Waals surface area contributed by atoms with E-state index in [9.17, 15) is 0 Å². The maximum Gasteiger partial charge on any atom is 0.0155 e. The molecule has 0 aromatic rings. The highest BCUT2D eigenvalue weighted by molar-refractivity contribution is 4.93. The molecule has 0 radical (unpaired) electrons. The Kier molecular flexibility index (Phi) is 2.61. The van der Waals surface area contributed by atoms with Crippen LogP contribution >= 0.6 is 0 Å². The van der Waals surface area contributed by atoms with Gasteiger partial charge in [0.2, 0.25) is 0 Å². The van der Waals surface area contributed by atoms with E-state index in [0.29, 0.717) is 0 Å². The van der Waals surface area contributed by atoms with E-state index in [1.165, 1.54) is 51.5 Å². The van der Waals surface area contributed by atoms with E-state index < -0.39 is 0 Å². The van der Waals surface area contributed by atoms with Crippen LogP contribution in [-0.2, 0) is 0 Å². The van der Waals surface area contributed by atoms with E-state index >= 15 is 0 Å². The molecule has 2 fully saturated rings. The highest BCUT2D eigenvalue weighted by Gasteiger charge is 2.33. The third-order valence-electron chi connectivity index (χ3n) is 4.00. The van der Waals surface area contributed by atoms with Gasteiger partial charge < -0.3 is 10.6 Å². The lowest BCUT2D eigenvalue weighted by atomic mass is 9.74. The van der Waals surface area contributed by atoms with Crippen molar-refractivity contribution in [2.75, 3.05) is 13.6 Å². The smallest absolute Gasteiger partial charge is 0.0155 e. The molecule has 1 aliphatic carbocycles. The molecule has 2 aliphatic rings. The highest BCUT2D eigenvalue weighted by Crippen LogP contribution is 2.34. The minimum Gasteiger partial charge on any atom is -0.325 e. The lowest BCUT2D eigenvalue weighted by Gasteiger charge is -2.39. The van der Waals surface area contributed by atoms with Crippen LogP contribution in [0.15, 0.2) is 0 Å². The second-order valence-corrected chi connectivity index (χ2v) is 5.03. The monoisotopic (exact) mass is 182 g/mol. The zero-order valence-electron chi connectivity index (χ0n) is 8.76. The van der Waals surface area contributed by atoms with E-state index in [1.54, 1.807) is 0 Å². The summed E-state index contributed by atoms with van der Waals surface area (Å²) in [6, 6.07) is 0.834. The molecule has 2 nitrogen and oxygen atoms in total. The summed E-state index contributed by atoms with van der Waals surface area (Å²) in [4.78, 5) is 2.50. The van der Waals surface area contributed by atoms with Crippen LogP contribution in [0.25, 0.3) is 0 Å². The Balaban J connectivity index is 1.72. The van der Waals surface area contributed by atoms with Gasteiger partial charge in [0.25, 0.3) is 0 Å². The molecule has 2 heteroatoms. The fourth-order valence-electron chi connectivity index (χ4n) is 2.68. The fraction of sp³-hybridized carbons (Fsp3) is 1.00. The predicted octanol–water partition coefficient (Wildman–Crippen LogP) is 1.74. The summed E-state index contributed by atoms with van der Waals surface area (Å²) in [6.45, 7) is 1.29. The van der Waals surface area contributed by atoms with Crippen LogP contribution in [0.4, 0.5) is 0 Å². The lowest BCUT2D eigenvalue weighted by molar-refractivity contribution is 0.197. The van der Waals surface area contributed by atoms with Gasteiger partial charge in [-0.05, 0) is 58.5 Å². The van der Waals surface area contributed by atoms with E-state index in [1.807, 2.05) is 0 Å². The molecule has 1 saturated heterocycles. The number of likely N-dealkylation sites (tertiary alicyclic amines) is 1. The van der Waals surface area contributed by atoms with Crippen LogP contribution in [0.5, 0.6) is 0 Å². The lowest BCUT2D eigenvalue weighted by Crippen LogP contribution is -2.47. The molecule has 76 valence electrons. The zero-order chi connectivity index (χ0) is 9.31. The van der Waals surface area contributed by atoms with E-state index in [2.05, 4.69) is 11.9 Å². The molecule has 1 unspecified atom stereocenters. The normalized spacial score (nSPS) is 33.2. The second-order valence-electron chi connectivity index (χ2n) is 5.03. The summed E-state index contributed by atoms with van der Waals surface area (Å²) < 4.78 is 0. The Bertz CT molecular complexity index is 175. The Morgan fingerprint density at radius 3 is 2.62 bits per heavy atom. The minimum atomic E-state index is 0.240. The van der Waals surface area contributed by atoms with Crippen LogP contribution in [0.3, 0.4) is 0 Å². The standard InChI is InChI=1S/C11H22N2/c1-13-9-2-4-10(13)5-8-11(12)6-3-7-11/h10H,2-9,12H2,1H3. The van der Waals surface area contributed by atoms with Crippen molar-refractivity contribution in [1.82, 2.24) is 4.90 Å². The molecule has 0 bridgehead atoms. The summed E-state index contributed by atoms with van der Waals surface area (Å²) in [5, 5.41) is 0. The number of nitrogens with zero attached hydrogens (tertiary/aromatic N) is 1. The van der Waals surface area contributed by atoms with Crippen LogP contribution in [0.2, 0.25) is 0 Å². The third kappa shape index (κ3) is 2.05.